The van der Waals surface area contributed by atoms with Crippen LogP contribution in [0, 0.1) is 37.9 Å². The van der Waals surface area contributed by atoms with Gasteiger partial charge < -0.3 is 30.2 Å². The number of anilines is 3. The van der Waals surface area contributed by atoms with Crippen molar-refractivity contribution in [3.63, 3.8) is 0 Å². The van der Waals surface area contributed by atoms with E-state index < -0.39 is 71.0 Å². The maximum absolute atomic E-state index is 14.9. The van der Waals surface area contributed by atoms with E-state index in [-0.39, 0.29) is 35.6 Å². The molecule has 6 fully saturated rings. The first kappa shape index (κ1) is 49.4. The molecule has 3 aromatic rings. The quantitative estimate of drug-likeness (QED) is 0.118. The number of carbonyl (C=O) groups excluding carboxylic acids is 6. The third-order valence-electron chi connectivity index (χ3n) is 24.4. The van der Waals surface area contributed by atoms with E-state index in [2.05, 4.69) is 80.0 Å². The van der Waals surface area contributed by atoms with E-state index in [1.54, 1.807) is 0 Å². The van der Waals surface area contributed by atoms with Crippen LogP contribution in [0.2, 0.25) is 0 Å². The molecule has 392 valence electrons. The molecule has 0 radical (unpaired) electrons. The minimum Gasteiger partial charge on any atom is -0.448 e. The van der Waals surface area contributed by atoms with Gasteiger partial charge in [0.2, 0.25) is 0 Å². The van der Waals surface area contributed by atoms with Crippen LogP contribution in [0.3, 0.4) is 0 Å². The highest BCUT2D eigenvalue weighted by molar-refractivity contribution is 6.06. The van der Waals surface area contributed by atoms with Gasteiger partial charge in [-0.25, -0.2) is 0 Å². The van der Waals surface area contributed by atoms with Gasteiger partial charge in [-0.3, -0.25) is 28.8 Å². The molecule has 12 heteroatoms. The first-order chi connectivity index (χ1) is 34.6. The highest BCUT2D eigenvalue weighted by Gasteiger charge is 2.83. The summed E-state index contributed by atoms with van der Waals surface area (Å²) in [7, 11) is 0. The number of carbonyl (C=O) groups is 6. The van der Waals surface area contributed by atoms with Gasteiger partial charge in [-0.05, 0) is 148 Å². The van der Waals surface area contributed by atoms with E-state index in [0.717, 1.165) is 55.2 Å². The Morgan fingerprint density at radius 3 is 0.865 bits per heavy atom. The predicted molar refractivity (Wildman–Crippen MR) is 280 cm³/mol. The van der Waals surface area contributed by atoms with E-state index in [0.29, 0.717) is 55.6 Å². The second kappa shape index (κ2) is 14.3. The summed E-state index contributed by atoms with van der Waals surface area (Å²) < 4.78 is 18.3. The van der Waals surface area contributed by atoms with Gasteiger partial charge in [-0.2, -0.15) is 0 Å². The van der Waals surface area contributed by atoms with Crippen LogP contribution in [-0.2, 0) is 59.2 Å². The van der Waals surface area contributed by atoms with Crippen LogP contribution in [0.15, 0.2) is 54.6 Å². The van der Waals surface area contributed by atoms with E-state index in [1.807, 2.05) is 80.5 Å². The summed E-state index contributed by atoms with van der Waals surface area (Å²) in [6, 6.07) is 19.4. The second-order valence-corrected chi connectivity index (χ2v) is 26.8. The Labute approximate surface area is 436 Å². The third kappa shape index (κ3) is 4.69. The van der Waals surface area contributed by atoms with Crippen molar-refractivity contribution < 1.29 is 43.0 Å². The van der Waals surface area contributed by atoms with Crippen LogP contribution in [0.1, 0.15) is 200 Å². The fourth-order valence-electron chi connectivity index (χ4n) is 18.8. The highest BCUT2D eigenvalue weighted by atomic mass is 16.6. The van der Waals surface area contributed by atoms with Crippen LogP contribution in [0.4, 0.5) is 17.1 Å². The molecule has 9 atom stereocenters. The summed E-state index contributed by atoms with van der Waals surface area (Å²) in [5, 5.41) is 9.98. The van der Waals surface area contributed by atoms with E-state index in [9.17, 15) is 28.8 Å². The minimum absolute atomic E-state index is 0.316. The Hall–Kier alpha value is -5.52. The van der Waals surface area contributed by atoms with Crippen molar-refractivity contribution in [3.8, 4) is 0 Å². The first-order valence-corrected chi connectivity index (χ1v) is 27.7. The van der Waals surface area contributed by atoms with Gasteiger partial charge in [0.1, 0.15) is 0 Å². The van der Waals surface area contributed by atoms with Gasteiger partial charge in [0.05, 0.1) is 16.2 Å². The molecule has 12 nitrogen and oxygen atoms in total. The number of hydrogen-bond acceptors (Lipinski definition) is 9. The molecule has 74 heavy (non-hydrogen) atoms. The summed E-state index contributed by atoms with van der Waals surface area (Å²) >= 11 is 0. The van der Waals surface area contributed by atoms with Gasteiger partial charge in [-0.15, -0.1) is 0 Å². The number of rotatable bonds is 12. The van der Waals surface area contributed by atoms with Crippen LogP contribution in [-0.4, -0.2) is 52.4 Å². The molecule has 0 unspecified atom stereocenters. The fraction of sp³-hybridized carbons (Fsp3) is 0.613. The zero-order valence-electron chi connectivity index (χ0n) is 45.9. The lowest BCUT2D eigenvalue weighted by Gasteiger charge is -2.53. The predicted octanol–water partition coefficient (Wildman–Crippen LogP) is 11.5. The molecule has 3 N–H and O–H groups in total. The zero-order valence-corrected chi connectivity index (χ0v) is 45.9. The molecule has 6 bridgehead atoms. The number of fused-ring (bicyclic) bond motifs is 15. The molecule has 3 aliphatic heterocycles. The van der Waals surface area contributed by atoms with Crippen molar-refractivity contribution in [2.24, 2.45) is 37.9 Å². The van der Waals surface area contributed by atoms with Crippen molar-refractivity contribution in [3.05, 3.63) is 88.0 Å². The molecule has 0 aromatic heterocycles. The van der Waals surface area contributed by atoms with Crippen molar-refractivity contribution in [1.82, 2.24) is 0 Å². The number of ether oxygens (including phenoxy) is 3. The molecule has 12 rings (SSSR count). The average molecular weight is 1010 g/mol. The minimum atomic E-state index is -1.31. The van der Waals surface area contributed by atoms with E-state index in [1.165, 1.54) is 16.7 Å². The van der Waals surface area contributed by atoms with Crippen molar-refractivity contribution in [2.45, 2.75) is 200 Å². The van der Waals surface area contributed by atoms with Crippen LogP contribution >= 0.6 is 0 Å². The Kier molecular flexibility index (Phi) is 9.53. The molecule has 3 aromatic carbocycles. The number of esters is 3. The Balaban J connectivity index is 1.06. The third-order valence-corrected chi connectivity index (χ3v) is 24.4. The molecule has 3 saturated carbocycles. The Morgan fingerprint density at radius 1 is 0.405 bits per heavy atom. The largest absolute Gasteiger partial charge is 0.448 e. The lowest BCUT2D eigenvalue weighted by Crippen LogP contribution is -2.54. The van der Waals surface area contributed by atoms with E-state index in [4.69, 9.17) is 14.2 Å². The number of amides is 3. The van der Waals surface area contributed by atoms with Gasteiger partial charge in [0, 0.05) is 55.0 Å². The summed E-state index contributed by atoms with van der Waals surface area (Å²) in [6.45, 7) is 26.8. The molecule has 9 aliphatic rings. The first-order valence-electron chi connectivity index (χ1n) is 27.7. The van der Waals surface area contributed by atoms with Gasteiger partial charge in [-0.1, -0.05) is 107 Å². The fourth-order valence-corrected chi connectivity index (χ4v) is 18.8. The lowest BCUT2D eigenvalue weighted by molar-refractivity contribution is -0.166. The molecule has 3 amide bonds. The lowest BCUT2D eigenvalue weighted by atomic mass is 9.48. The topological polar surface area (TPSA) is 166 Å². The molecule has 3 saturated heterocycles. The second-order valence-electron chi connectivity index (χ2n) is 26.8. The molecular weight excluding hydrogens is 931 g/mol. The Morgan fingerprint density at radius 2 is 0.662 bits per heavy atom. The summed E-state index contributed by atoms with van der Waals surface area (Å²) in [6.07, 6.45) is 7.90. The van der Waals surface area contributed by atoms with Crippen molar-refractivity contribution >= 4 is 52.7 Å². The molecule has 3 heterocycles. The SMILES string of the molecule is CCC[C@@]12c3ccc(NC(=O)[C@@]45CC[C@@](C)(C(=O)O4)C5(C)C)cc3[C@@]3(CCC)c4ccc(NC(=O)[C@@]56CC[C@@](C)(C(=O)O5)C6(C)C)cc4[C@@](CCC)(c4ccc(NC(=O)[C@@]56CC[C@@](C)(C(=O)O5)C6(C)C)cc41)C23C. The van der Waals surface area contributed by atoms with Crippen LogP contribution < -0.4 is 16.0 Å². The maximum Gasteiger partial charge on any atom is 0.313 e. The summed E-state index contributed by atoms with van der Waals surface area (Å²) in [5.41, 5.74) is -2.05. The van der Waals surface area contributed by atoms with Gasteiger partial charge in [0.25, 0.3) is 17.7 Å². The zero-order chi connectivity index (χ0) is 53.3. The van der Waals surface area contributed by atoms with E-state index >= 15 is 0 Å². The maximum atomic E-state index is 14.9. The monoisotopic (exact) mass is 1010 g/mol. The van der Waals surface area contributed by atoms with Crippen LogP contribution in [0.25, 0.3) is 0 Å². The van der Waals surface area contributed by atoms with Crippen LogP contribution in [0.5, 0.6) is 0 Å². The standard InChI is InChI=1S/C62H75N3O9/c1-14-23-57-38-20-17-36(64-45(67)61-30-27-54(11,48(70)73-61)51(61,6)7)33-42(38)59(25-16-3)40-22-19-37(65-46(68)62-31-28-55(12,49(71)74-62)52(62,8)9)34-43(40)58(24-15-2,56(57,59)13)39-21-18-35(32-41(39)57)63-44(66)60-29-26-53(10,47(69)72-60)50(60,4)5/h17-22,32-34H,14-16,23-31H2,1-13H3,(H,63,66)(H,64,67)(H,65,68)/t53-,54-,55-,56?,57+,58+,59+,60+,61+,62+/m0/s1. The van der Waals surface area contributed by atoms with Crippen molar-refractivity contribution in [1.29, 1.82) is 0 Å². The molecule has 6 aliphatic carbocycles. The normalized spacial score (nSPS) is 39.8. The number of nitrogens with one attached hydrogen (secondary N) is 3. The Bertz CT molecular complexity index is 2810. The van der Waals surface area contributed by atoms with Crippen molar-refractivity contribution in [2.75, 3.05) is 16.0 Å². The average Bonchev–Trinajstić information content (AvgIpc) is 4.07. The summed E-state index contributed by atoms with van der Waals surface area (Å²) in [4.78, 5) is 84.8. The van der Waals surface area contributed by atoms with Gasteiger partial charge >= 0.3 is 17.9 Å². The summed E-state index contributed by atoms with van der Waals surface area (Å²) in [5.74, 6) is -1.93. The smallest absolute Gasteiger partial charge is 0.313 e. The number of hydrogen-bond donors (Lipinski definition) is 3. The van der Waals surface area contributed by atoms with Gasteiger partial charge in [0.15, 0.2) is 16.8 Å². The molecular formula is C62H75N3O9. The highest BCUT2D eigenvalue weighted by Crippen LogP contribution is 2.85. The molecule has 0 spiro atoms. The number of benzene rings is 3.